The Hall–Kier alpha value is -3.68. The number of hydrogen-bond acceptors (Lipinski definition) is 5. The number of hydrogen-bond donors (Lipinski definition) is 2. The first-order valence-electron chi connectivity index (χ1n) is 8.69. The highest BCUT2D eigenvalue weighted by atomic mass is 16.5. The van der Waals surface area contributed by atoms with Crippen molar-refractivity contribution in [2.24, 2.45) is 0 Å². The normalized spacial score (nSPS) is 10.4. The molecule has 0 aliphatic heterocycles. The van der Waals surface area contributed by atoms with Crippen molar-refractivity contribution in [2.45, 2.75) is 20.4 Å². The van der Waals surface area contributed by atoms with Crippen LogP contribution in [0, 0.1) is 13.8 Å². The van der Waals surface area contributed by atoms with Gasteiger partial charge in [0, 0.05) is 5.69 Å². The van der Waals surface area contributed by atoms with Crippen molar-refractivity contribution in [1.82, 2.24) is 15.0 Å². The van der Waals surface area contributed by atoms with Crippen LogP contribution in [0.1, 0.15) is 21.7 Å². The van der Waals surface area contributed by atoms with Crippen LogP contribution in [0.15, 0.2) is 48.5 Å². The molecular weight excluding hydrogens is 358 g/mol. The van der Waals surface area contributed by atoms with Crippen LogP contribution in [0.25, 0.3) is 0 Å². The minimum absolute atomic E-state index is 0.0470. The molecule has 0 bridgehead atoms. The van der Waals surface area contributed by atoms with Gasteiger partial charge < -0.3 is 15.4 Å². The van der Waals surface area contributed by atoms with Gasteiger partial charge in [-0.25, -0.2) is 4.68 Å². The van der Waals surface area contributed by atoms with E-state index in [9.17, 15) is 9.59 Å². The zero-order valence-electron chi connectivity index (χ0n) is 15.9. The fraction of sp³-hybridized carbons (Fsp3) is 0.200. The highest BCUT2D eigenvalue weighted by molar-refractivity contribution is 6.04. The standard InChI is InChI=1S/C20H21N5O3/c1-13-8-10-15(11-9-13)21-18(26)12-25-14(2)19(23-24-25)20(27)22-16-6-4-5-7-17(16)28-3/h4-11H,12H2,1-3H3,(H,21,26)(H,22,27). The summed E-state index contributed by atoms with van der Waals surface area (Å²) in [5.74, 6) is -0.140. The Balaban J connectivity index is 1.68. The molecule has 1 heterocycles. The maximum absolute atomic E-state index is 12.5. The van der Waals surface area contributed by atoms with Gasteiger partial charge in [-0.3, -0.25) is 9.59 Å². The average molecular weight is 379 g/mol. The fourth-order valence-corrected chi connectivity index (χ4v) is 2.62. The lowest BCUT2D eigenvalue weighted by Crippen LogP contribution is -2.21. The van der Waals surface area contributed by atoms with Crippen LogP contribution in [0.2, 0.25) is 0 Å². The van der Waals surface area contributed by atoms with Gasteiger partial charge >= 0.3 is 0 Å². The third-order valence-corrected chi connectivity index (χ3v) is 4.18. The first-order chi connectivity index (χ1) is 13.5. The molecule has 0 unspecified atom stereocenters. The molecule has 144 valence electrons. The Morgan fingerprint density at radius 3 is 2.46 bits per heavy atom. The fourth-order valence-electron chi connectivity index (χ4n) is 2.62. The molecule has 0 atom stereocenters. The molecule has 2 N–H and O–H groups in total. The van der Waals surface area contributed by atoms with Gasteiger partial charge in [-0.15, -0.1) is 5.10 Å². The molecule has 0 saturated heterocycles. The van der Waals surface area contributed by atoms with Gasteiger partial charge in [-0.1, -0.05) is 35.0 Å². The Labute approximate surface area is 162 Å². The van der Waals surface area contributed by atoms with E-state index in [4.69, 9.17) is 4.74 Å². The minimum Gasteiger partial charge on any atom is -0.495 e. The molecule has 0 aliphatic carbocycles. The lowest BCUT2D eigenvalue weighted by molar-refractivity contribution is -0.117. The Bertz CT molecular complexity index is 995. The number of aryl methyl sites for hydroxylation is 1. The van der Waals surface area contributed by atoms with Gasteiger partial charge in [-0.05, 0) is 38.1 Å². The summed E-state index contributed by atoms with van der Waals surface area (Å²) in [6.45, 7) is 3.62. The van der Waals surface area contributed by atoms with Crippen LogP contribution in [0.4, 0.5) is 11.4 Å². The highest BCUT2D eigenvalue weighted by Gasteiger charge is 2.19. The molecule has 8 heteroatoms. The number of nitrogens with zero attached hydrogens (tertiary/aromatic N) is 3. The maximum Gasteiger partial charge on any atom is 0.278 e. The Kier molecular flexibility index (Phi) is 5.69. The zero-order chi connectivity index (χ0) is 20.1. The number of nitrogens with one attached hydrogen (secondary N) is 2. The predicted molar refractivity (Wildman–Crippen MR) is 106 cm³/mol. The third-order valence-electron chi connectivity index (χ3n) is 4.18. The van der Waals surface area contributed by atoms with E-state index in [0.717, 1.165) is 5.56 Å². The molecule has 0 aliphatic rings. The maximum atomic E-state index is 12.5. The summed E-state index contributed by atoms with van der Waals surface area (Å²) in [5, 5.41) is 13.4. The van der Waals surface area contributed by atoms with Crippen molar-refractivity contribution in [1.29, 1.82) is 0 Å². The molecule has 2 amide bonds. The minimum atomic E-state index is -0.424. The van der Waals surface area contributed by atoms with Crippen molar-refractivity contribution in [2.75, 3.05) is 17.7 Å². The molecule has 2 aromatic carbocycles. The first kappa shape index (κ1) is 19.1. The van der Waals surface area contributed by atoms with E-state index in [1.807, 2.05) is 37.3 Å². The molecular formula is C20H21N5O3. The van der Waals surface area contributed by atoms with Crippen LogP contribution in [0.3, 0.4) is 0 Å². The van der Waals surface area contributed by atoms with Crippen molar-refractivity contribution >= 4 is 23.2 Å². The number of para-hydroxylation sites is 2. The molecule has 0 radical (unpaired) electrons. The molecule has 0 saturated carbocycles. The summed E-state index contributed by atoms with van der Waals surface area (Å²) in [6, 6.07) is 14.6. The molecule has 0 fully saturated rings. The van der Waals surface area contributed by atoms with Crippen molar-refractivity contribution in [3.63, 3.8) is 0 Å². The van der Waals surface area contributed by atoms with Crippen LogP contribution < -0.4 is 15.4 Å². The van der Waals surface area contributed by atoms with E-state index < -0.39 is 5.91 Å². The quantitative estimate of drug-likeness (QED) is 0.686. The first-order valence-corrected chi connectivity index (χ1v) is 8.69. The van der Waals surface area contributed by atoms with Gasteiger partial charge in [0.1, 0.15) is 12.3 Å². The topological polar surface area (TPSA) is 98.1 Å². The van der Waals surface area contributed by atoms with Crippen molar-refractivity contribution in [3.05, 3.63) is 65.5 Å². The summed E-state index contributed by atoms with van der Waals surface area (Å²) in [4.78, 5) is 24.8. The number of carbonyl (C=O) groups excluding carboxylic acids is 2. The average Bonchev–Trinajstić information content (AvgIpc) is 3.04. The van der Waals surface area contributed by atoms with Crippen LogP contribution in [-0.2, 0) is 11.3 Å². The van der Waals surface area contributed by atoms with Gasteiger partial charge in [0.05, 0.1) is 18.5 Å². The highest BCUT2D eigenvalue weighted by Crippen LogP contribution is 2.23. The molecule has 3 rings (SSSR count). The molecule has 3 aromatic rings. The van der Waals surface area contributed by atoms with Crippen LogP contribution in [0.5, 0.6) is 5.75 Å². The number of benzene rings is 2. The van der Waals surface area contributed by atoms with Gasteiger partial charge in [0.25, 0.3) is 5.91 Å². The Morgan fingerprint density at radius 2 is 1.75 bits per heavy atom. The number of anilines is 2. The second-order valence-corrected chi connectivity index (χ2v) is 6.25. The molecule has 28 heavy (non-hydrogen) atoms. The summed E-state index contributed by atoms with van der Waals surface area (Å²) in [5.41, 5.74) is 2.97. The van der Waals surface area contributed by atoms with E-state index in [0.29, 0.717) is 22.8 Å². The largest absolute Gasteiger partial charge is 0.495 e. The van der Waals surface area contributed by atoms with E-state index >= 15 is 0 Å². The molecule has 0 spiro atoms. The number of aromatic nitrogens is 3. The second-order valence-electron chi connectivity index (χ2n) is 6.25. The van der Waals surface area contributed by atoms with Crippen LogP contribution in [-0.4, -0.2) is 33.9 Å². The lowest BCUT2D eigenvalue weighted by Gasteiger charge is -2.09. The number of ether oxygens (including phenoxy) is 1. The van der Waals surface area contributed by atoms with E-state index in [1.165, 1.54) is 11.8 Å². The monoisotopic (exact) mass is 379 g/mol. The number of carbonyl (C=O) groups is 2. The second kappa shape index (κ2) is 8.34. The van der Waals surface area contributed by atoms with E-state index in [2.05, 4.69) is 20.9 Å². The summed E-state index contributed by atoms with van der Waals surface area (Å²) in [6.07, 6.45) is 0. The number of amides is 2. The van der Waals surface area contributed by atoms with E-state index in [-0.39, 0.29) is 18.1 Å². The summed E-state index contributed by atoms with van der Waals surface area (Å²) in [7, 11) is 1.53. The van der Waals surface area contributed by atoms with E-state index in [1.54, 1.807) is 25.1 Å². The smallest absolute Gasteiger partial charge is 0.278 e. The van der Waals surface area contributed by atoms with Crippen LogP contribution >= 0.6 is 0 Å². The summed E-state index contributed by atoms with van der Waals surface area (Å²) < 4.78 is 6.61. The predicted octanol–water partition coefficient (Wildman–Crippen LogP) is 2.79. The SMILES string of the molecule is COc1ccccc1NC(=O)c1nnn(CC(=O)Nc2ccc(C)cc2)c1C. The van der Waals surface area contributed by atoms with Gasteiger partial charge in [-0.2, -0.15) is 0 Å². The third kappa shape index (κ3) is 4.35. The molecule has 1 aromatic heterocycles. The van der Waals surface area contributed by atoms with Crippen molar-refractivity contribution in [3.8, 4) is 5.75 Å². The number of rotatable bonds is 6. The molecule has 8 nitrogen and oxygen atoms in total. The zero-order valence-corrected chi connectivity index (χ0v) is 15.9. The van der Waals surface area contributed by atoms with Crippen molar-refractivity contribution < 1.29 is 14.3 Å². The number of methoxy groups -OCH3 is 1. The van der Waals surface area contributed by atoms with Gasteiger partial charge in [0.2, 0.25) is 5.91 Å². The van der Waals surface area contributed by atoms with Gasteiger partial charge in [0.15, 0.2) is 5.69 Å². The Morgan fingerprint density at radius 1 is 1.04 bits per heavy atom. The lowest BCUT2D eigenvalue weighted by atomic mass is 10.2. The summed E-state index contributed by atoms with van der Waals surface area (Å²) >= 11 is 0.